The molecule has 2 N–H and O–H groups in total. The average Bonchev–Trinajstić information content (AvgIpc) is 2.59. The summed E-state index contributed by atoms with van der Waals surface area (Å²) in [6.45, 7) is 0. The van der Waals surface area contributed by atoms with Crippen LogP contribution in [-0.2, 0) is 6.42 Å². The molecule has 5 heteroatoms. The molecule has 17 heavy (non-hydrogen) atoms. The van der Waals surface area contributed by atoms with Crippen molar-refractivity contribution in [3.63, 3.8) is 0 Å². The van der Waals surface area contributed by atoms with Gasteiger partial charge in [0.25, 0.3) is 0 Å². The number of carbonyl (C=O) groups is 1. The van der Waals surface area contributed by atoms with Crippen molar-refractivity contribution >= 4 is 16.8 Å². The van der Waals surface area contributed by atoms with Crippen molar-refractivity contribution in [3.05, 3.63) is 33.7 Å². The molecule has 0 unspecified atom stereocenters. The van der Waals surface area contributed by atoms with Gasteiger partial charge in [0.1, 0.15) is 22.6 Å². The fourth-order valence-electron chi connectivity index (χ4n) is 2.27. The Morgan fingerprint density at radius 3 is 2.65 bits per heavy atom. The Kier molecular flexibility index (Phi) is 1.80. The summed E-state index contributed by atoms with van der Waals surface area (Å²) in [5.41, 5.74) is -0.0711. The van der Waals surface area contributed by atoms with Gasteiger partial charge in [-0.3, -0.25) is 4.79 Å². The van der Waals surface area contributed by atoms with Crippen molar-refractivity contribution < 1.29 is 19.4 Å². The minimum absolute atomic E-state index is 0.0264. The molecule has 0 aliphatic heterocycles. The van der Waals surface area contributed by atoms with E-state index >= 15 is 0 Å². The highest BCUT2D eigenvalue weighted by Gasteiger charge is 2.28. The summed E-state index contributed by atoms with van der Waals surface area (Å²) in [6, 6.07) is 2.41. The van der Waals surface area contributed by atoms with Crippen molar-refractivity contribution in [2.75, 3.05) is 0 Å². The Hall–Kier alpha value is -2.30. The first-order valence-electron chi connectivity index (χ1n) is 5.13. The fraction of sp³-hybridized carbons (Fsp3) is 0.167. The first kappa shape index (κ1) is 9.89. The van der Waals surface area contributed by atoms with E-state index in [4.69, 9.17) is 4.42 Å². The van der Waals surface area contributed by atoms with E-state index in [1.54, 1.807) is 0 Å². The summed E-state index contributed by atoms with van der Waals surface area (Å²) < 4.78 is 4.94. The van der Waals surface area contributed by atoms with Crippen molar-refractivity contribution in [1.82, 2.24) is 0 Å². The van der Waals surface area contributed by atoms with E-state index in [1.165, 1.54) is 6.07 Å². The van der Waals surface area contributed by atoms with Crippen LogP contribution in [0.3, 0.4) is 0 Å². The topological polar surface area (TPSA) is 87.7 Å². The predicted molar refractivity (Wildman–Crippen MR) is 58.5 cm³/mol. The molecule has 0 saturated heterocycles. The third-order valence-electron chi connectivity index (χ3n) is 2.96. The van der Waals surface area contributed by atoms with Gasteiger partial charge >= 0.3 is 5.63 Å². The van der Waals surface area contributed by atoms with Gasteiger partial charge in [0.05, 0.1) is 5.39 Å². The molecule has 1 aliphatic carbocycles. The molecule has 0 bridgehead atoms. The molecule has 3 rings (SSSR count). The molecule has 0 amide bonds. The molecule has 1 heterocycles. The number of Topliss-reactive ketones (excluding diaryl/α,β-unsaturated/α-hetero) is 1. The maximum atomic E-state index is 11.6. The van der Waals surface area contributed by atoms with E-state index in [9.17, 15) is 19.8 Å². The molecule has 1 aliphatic rings. The predicted octanol–water partition coefficient (Wildman–Crippen LogP) is 1.33. The molecule has 1 aromatic carbocycles. The van der Waals surface area contributed by atoms with Crippen LogP contribution in [0, 0.1) is 0 Å². The van der Waals surface area contributed by atoms with Crippen molar-refractivity contribution in [3.8, 4) is 11.5 Å². The van der Waals surface area contributed by atoms with E-state index in [1.807, 2.05) is 0 Å². The normalized spacial score (nSPS) is 14.2. The third kappa shape index (κ3) is 1.25. The van der Waals surface area contributed by atoms with E-state index in [2.05, 4.69) is 0 Å². The summed E-state index contributed by atoms with van der Waals surface area (Å²) in [5.74, 6) is -0.639. The highest BCUT2D eigenvalue weighted by molar-refractivity contribution is 6.05. The third-order valence-corrected chi connectivity index (χ3v) is 2.96. The Morgan fingerprint density at radius 2 is 1.88 bits per heavy atom. The van der Waals surface area contributed by atoms with Crippen LogP contribution in [0.25, 0.3) is 11.0 Å². The Morgan fingerprint density at radius 1 is 1.12 bits per heavy atom. The average molecular weight is 232 g/mol. The maximum absolute atomic E-state index is 11.6. The maximum Gasteiger partial charge on any atom is 0.347 e. The number of fused-ring (bicyclic) bond motifs is 3. The molecule has 0 atom stereocenters. The summed E-state index contributed by atoms with van der Waals surface area (Å²) >= 11 is 0. The van der Waals surface area contributed by atoms with Crippen LogP contribution < -0.4 is 5.63 Å². The number of hydrogen-bond acceptors (Lipinski definition) is 5. The molecule has 0 fully saturated rings. The van der Waals surface area contributed by atoms with Crippen LogP contribution >= 0.6 is 0 Å². The van der Waals surface area contributed by atoms with Crippen molar-refractivity contribution in [1.29, 1.82) is 0 Å². The number of rotatable bonds is 0. The number of ketones is 1. The summed E-state index contributed by atoms with van der Waals surface area (Å²) in [6.07, 6.45) is 0.661. The summed E-state index contributed by atoms with van der Waals surface area (Å²) in [4.78, 5) is 23.1. The standard InChI is InChI=1S/C12H8O5/c13-5-3-8(15)10-6-1-2-7(14)11(6)12(16)17-9(10)4-5/h3-4,13,15H,1-2H2. The fourth-order valence-corrected chi connectivity index (χ4v) is 2.27. The van der Waals surface area contributed by atoms with Gasteiger partial charge in [-0.05, 0) is 12.0 Å². The van der Waals surface area contributed by atoms with Gasteiger partial charge in [-0.1, -0.05) is 0 Å². The van der Waals surface area contributed by atoms with Crippen LogP contribution in [-0.4, -0.2) is 16.0 Å². The minimum atomic E-state index is -0.708. The molecule has 5 nitrogen and oxygen atoms in total. The molecular weight excluding hydrogens is 224 g/mol. The van der Waals surface area contributed by atoms with Crippen LogP contribution in [0.2, 0.25) is 0 Å². The Bertz CT molecular complexity index is 711. The second kappa shape index (κ2) is 3.10. The van der Waals surface area contributed by atoms with Crippen LogP contribution in [0.5, 0.6) is 11.5 Å². The zero-order valence-electron chi connectivity index (χ0n) is 8.69. The van der Waals surface area contributed by atoms with Gasteiger partial charge in [-0.15, -0.1) is 0 Å². The molecular formula is C12H8O5. The second-order valence-electron chi connectivity index (χ2n) is 4.00. The molecule has 0 radical (unpaired) electrons. The lowest BCUT2D eigenvalue weighted by Crippen LogP contribution is -2.11. The quantitative estimate of drug-likeness (QED) is 0.669. The van der Waals surface area contributed by atoms with E-state index < -0.39 is 5.63 Å². The summed E-state index contributed by atoms with van der Waals surface area (Å²) in [7, 11) is 0. The Balaban J connectivity index is 2.55. The van der Waals surface area contributed by atoms with Gasteiger partial charge in [-0.2, -0.15) is 0 Å². The number of carbonyl (C=O) groups excluding carboxylic acids is 1. The summed E-state index contributed by atoms with van der Waals surface area (Å²) in [5, 5.41) is 19.4. The van der Waals surface area contributed by atoms with Gasteiger partial charge < -0.3 is 14.6 Å². The van der Waals surface area contributed by atoms with Crippen molar-refractivity contribution in [2.45, 2.75) is 12.8 Å². The first-order valence-corrected chi connectivity index (χ1v) is 5.13. The monoisotopic (exact) mass is 232 g/mol. The smallest absolute Gasteiger partial charge is 0.347 e. The number of phenols is 2. The lowest BCUT2D eigenvalue weighted by Gasteiger charge is -2.05. The van der Waals surface area contributed by atoms with Gasteiger partial charge in [0, 0.05) is 18.6 Å². The van der Waals surface area contributed by atoms with Gasteiger partial charge in [-0.25, -0.2) is 4.79 Å². The SMILES string of the molecule is O=C1CCc2c1c(=O)oc1cc(O)cc(O)c21. The van der Waals surface area contributed by atoms with Crippen LogP contribution in [0.1, 0.15) is 22.3 Å². The number of hydrogen-bond donors (Lipinski definition) is 2. The van der Waals surface area contributed by atoms with E-state index in [0.717, 1.165) is 6.07 Å². The lowest BCUT2D eigenvalue weighted by atomic mass is 10.1. The number of phenolic OH excluding ortho intramolecular Hbond substituents is 2. The molecule has 0 spiro atoms. The molecule has 0 saturated carbocycles. The highest BCUT2D eigenvalue weighted by Crippen LogP contribution is 2.35. The zero-order valence-corrected chi connectivity index (χ0v) is 8.69. The number of aromatic hydroxyl groups is 2. The zero-order chi connectivity index (χ0) is 12.2. The van der Waals surface area contributed by atoms with Gasteiger partial charge in [0.2, 0.25) is 0 Å². The Labute approximate surface area is 94.9 Å². The number of benzene rings is 1. The molecule has 86 valence electrons. The van der Waals surface area contributed by atoms with Gasteiger partial charge in [0.15, 0.2) is 5.78 Å². The van der Waals surface area contributed by atoms with E-state index in [0.29, 0.717) is 17.4 Å². The minimum Gasteiger partial charge on any atom is -0.508 e. The van der Waals surface area contributed by atoms with Crippen LogP contribution in [0.4, 0.5) is 0 Å². The highest BCUT2D eigenvalue weighted by atomic mass is 16.4. The first-order chi connectivity index (χ1) is 8.08. The van der Waals surface area contributed by atoms with Crippen LogP contribution in [0.15, 0.2) is 21.3 Å². The van der Waals surface area contributed by atoms with E-state index in [-0.39, 0.29) is 34.8 Å². The second-order valence-corrected chi connectivity index (χ2v) is 4.00. The lowest BCUT2D eigenvalue weighted by molar-refractivity contribution is 0.0991. The largest absolute Gasteiger partial charge is 0.508 e. The number of aryl methyl sites for hydroxylation is 1. The molecule has 1 aromatic heterocycles. The molecule has 2 aromatic rings. The van der Waals surface area contributed by atoms with Crippen molar-refractivity contribution in [2.24, 2.45) is 0 Å².